The normalized spacial score (nSPS) is 19.7. The van der Waals surface area contributed by atoms with Crippen molar-refractivity contribution in [1.82, 2.24) is 10.6 Å². The lowest BCUT2D eigenvalue weighted by atomic mass is 10.1. The highest BCUT2D eigenvalue weighted by Crippen LogP contribution is 2.08. The predicted molar refractivity (Wildman–Crippen MR) is 68.9 cm³/mol. The molecule has 0 aromatic heterocycles. The van der Waals surface area contributed by atoms with E-state index in [9.17, 15) is 4.79 Å². The number of rotatable bonds is 4. The van der Waals surface area contributed by atoms with Gasteiger partial charge in [-0.3, -0.25) is 0 Å². The minimum Gasteiger partial charge on any atom is -0.444 e. The lowest BCUT2D eigenvalue weighted by Gasteiger charge is -2.23. The Kier molecular flexibility index (Phi) is 5.27. The molecule has 1 aliphatic heterocycles. The van der Waals surface area contributed by atoms with Crippen LogP contribution in [0.5, 0.6) is 0 Å². The van der Waals surface area contributed by atoms with Gasteiger partial charge >= 0.3 is 6.09 Å². The van der Waals surface area contributed by atoms with Crippen molar-refractivity contribution in [3.05, 3.63) is 11.9 Å². The number of nitrogens with one attached hydrogen (secondary N) is 2. The van der Waals surface area contributed by atoms with E-state index in [4.69, 9.17) is 15.2 Å². The molecule has 0 aromatic carbocycles. The Morgan fingerprint density at radius 3 is 2.94 bits per heavy atom. The van der Waals surface area contributed by atoms with E-state index in [0.717, 1.165) is 13.0 Å². The minimum absolute atomic E-state index is 0.0633. The Bertz CT molecular complexity index is 310. The lowest BCUT2D eigenvalue weighted by molar-refractivity contribution is 0.0439. The second kappa shape index (κ2) is 6.49. The number of ether oxygens (including phenoxy) is 2. The van der Waals surface area contributed by atoms with Crippen LogP contribution in [0.25, 0.3) is 0 Å². The SMILES string of the molecule is CC(C)(C)OC(=O)NCCOC1CCNC=C1N. The van der Waals surface area contributed by atoms with Crippen molar-refractivity contribution in [3.63, 3.8) is 0 Å². The van der Waals surface area contributed by atoms with Crippen LogP contribution in [0.4, 0.5) is 4.79 Å². The van der Waals surface area contributed by atoms with E-state index in [1.807, 2.05) is 20.8 Å². The Morgan fingerprint density at radius 2 is 2.33 bits per heavy atom. The van der Waals surface area contributed by atoms with Gasteiger partial charge in [-0.15, -0.1) is 0 Å². The number of amides is 1. The molecule has 0 fully saturated rings. The molecule has 0 radical (unpaired) electrons. The predicted octanol–water partition coefficient (Wildman–Crippen LogP) is 0.690. The van der Waals surface area contributed by atoms with Crippen LogP contribution in [-0.4, -0.2) is 37.5 Å². The van der Waals surface area contributed by atoms with Crippen LogP contribution in [0.2, 0.25) is 0 Å². The first-order chi connectivity index (χ1) is 8.38. The summed E-state index contributed by atoms with van der Waals surface area (Å²) in [5.74, 6) is 0. The topological polar surface area (TPSA) is 85.6 Å². The van der Waals surface area contributed by atoms with Crippen LogP contribution in [0.1, 0.15) is 27.2 Å². The number of hydrogen-bond donors (Lipinski definition) is 3. The molecule has 0 spiro atoms. The summed E-state index contributed by atoms with van der Waals surface area (Å²) in [7, 11) is 0. The fourth-order valence-corrected chi connectivity index (χ4v) is 1.51. The third-order valence-electron chi connectivity index (χ3n) is 2.28. The van der Waals surface area contributed by atoms with Crippen LogP contribution >= 0.6 is 0 Å². The highest BCUT2D eigenvalue weighted by molar-refractivity contribution is 5.67. The zero-order chi connectivity index (χ0) is 13.6. The lowest BCUT2D eigenvalue weighted by Crippen LogP contribution is -2.36. The standard InChI is InChI=1S/C12H23N3O3/c1-12(2,3)18-11(16)15-6-7-17-10-4-5-14-8-9(10)13/h8,10,14H,4-7,13H2,1-3H3,(H,15,16). The Morgan fingerprint density at radius 1 is 1.61 bits per heavy atom. The molecular formula is C12H23N3O3. The van der Waals surface area contributed by atoms with Gasteiger partial charge < -0.3 is 25.8 Å². The first-order valence-electron chi connectivity index (χ1n) is 6.16. The molecule has 1 rings (SSSR count). The molecule has 1 unspecified atom stereocenters. The van der Waals surface area contributed by atoms with Gasteiger partial charge in [-0.25, -0.2) is 4.79 Å². The van der Waals surface area contributed by atoms with E-state index in [2.05, 4.69) is 10.6 Å². The molecule has 0 saturated heterocycles. The van der Waals surface area contributed by atoms with Crippen molar-refractivity contribution in [2.45, 2.75) is 38.9 Å². The average molecular weight is 257 g/mol. The van der Waals surface area contributed by atoms with E-state index in [0.29, 0.717) is 18.8 Å². The first-order valence-corrected chi connectivity index (χ1v) is 6.16. The van der Waals surface area contributed by atoms with Gasteiger partial charge in [0, 0.05) is 19.3 Å². The van der Waals surface area contributed by atoms with Crippen molar-refractivity contribution >= 4 is 6.09 Å². The van der Waals surface area contributed by atoms with E-state index in [1.165, 1.54) is 0 Å². The molecule has 6 heteroatoms. The smallest absolute Gasteiger partial charge is 0.407 e. The van der Waals surface area contributed by atoms with Crippen molar-refractivity contribution < 1.29 is 14.3 Å². The molecule has 1 aliphatic rings. The summed E-state index contributed by atoms with van der Waals surface area (Å²) in [4.78, 5) is 11.3. The van der Waals surface area contributed by atoms with E-state index in [1.54, 1.807) is 6.20 Å². The third-order valence-corrected chi connectivity index (χ3v) is 2.28. The molecule has 1 amide bonds. The quantitative estimate of drug-likeness (QED) is 0.645. The van der Waals surface area contributed by atoms with Crippen molar-refractivity contribution in [2.75, 3.05) is 19.7 Å². The van der Waals surface area contributed by atoms with Gasteiger partial charge in [0.1, 0.15) is 5.60 Å². The fourth-order valence-electron chi connectivity index (χ4n) is 1.51. The Labute approximate surface area is 108 Å². The highest BCUT2D eigenvalue weighted by Gasteiger charge is 2.17. The van der Waals surface area contributed by atoms with Gasteiger partial charge in [-0.05, 0) is 27.2 Å². The van der Waals surface area contributed by atoms with E-state index >= 15 is 0 Å². The summed E-state index contributed by atoms with van der Waals surface area (Å²) in [5.41, 5.74) is 5.98. The first kappa shape index (κ1) is 14.6. The summed E-state index contributed by atoms with van der Waals surface area (Å²) in [6.07, 6.45) is 2.11. The zero-order valence-corrected chi connectivity index (χ0v) is 11.3. The summed E-state index contributed by atoms with van der Waals surface area (Å²) in [5, 5.41) is 5.67. The zero-order valence-electron chi connectivity index (χ0n) is 11.3. The molecule has 0 bridgehead atoms. The molecule has 18 heavy (non-hydrogen) atoms. The monoisotopic (exact) mass is 257 g/mol. The fraction of sp³-hybridized carbons (Fsp3) is 0.750. The van der Waals surface area contributed by atoms with Gasteiger partial charge in [0.25, 0.3) is 0 Å². The molecule has 1 heterocycles. The number of nitrogens with two attached hydrogens (primary N) is 1. The summed E-state index contributed by atoms with van der Waals surface area (Å²) in [6, 6.07) is 0. The van der Waals surface area contributed by atoms with E-state index < -0.39 is 11.7 Å². The molecule has 1 atom stereocenters. The molecule has 0 aliphatic carbocycles. The average Bonchev–Trinajstić information content (AvgIpc) is 2.24. The van der Waals surface area contributed by atoms with Crippen LogP contribution in [0, 0.1) is 0 Å². The Hall–Kier alpha value is -1.43. The van der Waals surface area contributed by atoms with Crippen molar-refractivity contribution in [2.24, 2.45) is 5.73 Å². The summed E-state index contributed by atoms with van der Waals surface area (Å²) >= 11 is 0. The van der Waals surface area contributed by atoms with Crippen LogP contribution in [0.15, 0.2) is 11.9 Å². The summed E-state index contributed by atoms with van der Waals surface area (Å²) < 4.78 is 10.7. The van der Waals surface area contributed by atoms with Crippen LogP contribution in [-0.2, 0) is 9.47 Å². The largest absolute Gasteiger partial charge is 0.444 e. The molecule has 4 N–H and O–H groups in total. The van der Waals surface area contributed by atoms with Gasteiger partial charge in [-0.2, -0.15) is 0 Å². The van der Waals surface area contributed by atoms with Crippen LogP contribution in [0.3, 0.4) is 0 Å². The van der Waals surface area contributed by atoms with Gasteiger partial charge in [0.05, 0.1) is 18.4 Å². The number of carbonyl (C=O) groups is 1. The van der Waals surface area contributed by atoms with Crippen LogP contribution < -0.4 is 16.4 Å². The third kappa shape index (κ3) is 5.77. The Balaban J connectivity index is 2.13. The molecule has 0 aromatic rings. The second-order valence-corrected chi connectivity index (χ2v) is 5.18. The van der Waals surface area contributed by atoms with Crippen molar-refractivity contribution in [1.29, 1.82) is 0 Å². The number of carbonyl (C=O) groups excluding carboxylic acids is 1. The van der Waals surface area contributed by atoms with Gasteiger partial charge in [0.15, 0.2) is 0 Å². The molecular weight excluding hydrogens is 234 g/mol. The summed E-state index contributed by atoms with van der Waals surface area (Å²) in [6.45, 7) is 7.15. The molecule has 6 nitrogen and oxygen atoms in total. The number of hydrogen-bond acceptors (Lipinski definition) is 5. The number of alkyl carbamates (subject to hydrolysis) is 1. The molecule has 0 saturated carbocycles. The van der Waals surface area contributed by atoms with Gasteiger partial charge in [0.2, 0.25) is 0 Å². The van der Waals surface area contributed by atoms with Crippen molar-refractivity contribution in [3.8, 4) is 0 Å². The van der Waals surface area contributed by atoms with E-state index in [-0.39, 0.29) is 6.10 Å². The molecule has 104 valence electrons. The van der Waals surface area contributed by atoms with Gasteiger partial charge in [-0.1, -0.05) is 0 Å². The maximum Gasteiger partial charge on any atom is 0.407 e. The highest BCUT2D eigenvalue weighted by atomic mass is 16.6. The maximum absolute atomic E-state index is 11.3. The minimum atomic E-state index is -0.479. The maximum atomic E-state index is 11.3. The second-order valence-electron chi connectivity index (χ2n) is 5.18.